The zero-order valence-electron chi connectivity index (χ0n) is 22.8. The number of carbonyl (C=O) groups is 3. The van der Waals surface area contributed by atoms with Gasteiger partial charge < -0.3 is 14.3 Å². The first-order chi connectivity index (χ1) is 16.5. The number of sulfone groups is 1. The van der Waals surface area contributed by atoms with Gasteiger partial charge in [-0.1, -0.05) is 26.0 Å². The van der Waals surface area contributed by atoms with E-state index in [1.807, 2.05) is 0 Å². The van der Waals surface area contributed by atoms with Crippen LogP contribution in [0, 0.1) is 5.92 Å². The normalized spacial score (nSPS) is 13.5. The molecule has 0 bridgehead atoms. The van der Waals surface area contributed by atoms with E-state index in [1.165, 1.54) is 40.0 Å². The van der Waals surface area contributed by atoms with E-state index < -0.39 is 71.0 Å². The van der Waals surface area contributed by atoms with Crippen molar-refractivity contribution in [2.24, 2.45) is 5.92 Å². The van der Waals surface area contributed by atoms with E-state index in [0.29, 0.717) is 0 Å². The molecule has 1 aromatic carbocycles. The Balaban J connectivity index is 3.61. The predicted octanol–water partition coefficient (Wildman–Crippen LogP) is 3.37. The Kier molecular flexibility index (Phi) is 9.78. The van der Waals surface area contributed by atoms with Crippen LogP contribution < -0.4 is 0 Å². The van der Waals surface area contributed by atoms with Crippen molar-refractivity contribution in [2.75, 3.05) is 13.3 Å². The van der Waals surface area contributed by atoms with E-state index in [9.17, 15) is 31.2 Å². The molecule has 37 heavy (non-hydrogen) atoms. The number of carbonyl (C=O) groups excluding carboxylic acids is 3. The number of rotatable bonds is 6. The molecular weight excluding hydrogens is 528 g/mol. The Morgan fingerprint density at radius 1 is 0.811 bits per heavy atom. The third-order valence-electron chi connectivity index (χ3n) is 4.43. The Labute approximate surface area is 218 Å². The molecule has 0 saturated heterocycles. The molecule has 0 heterocycles. The number of likely N-dealkylation sites (N-methyl/N-ethyl adjacent to an activating group) is 1. The minimum absolute atomic E-state index is 0.303. The molecule has 0 aliphatic rings. The van der Waals surface area contributed by atoms with Crippen LogP contribution in [0.5, 0.6) is 0 Å². The number of nitrogens with zero attached hydrogens (tertiary/aromatic N) is 2. The molecule has 0 spiro atoms. The van der Waals surface area contributed by atoms with Gasteiger partial charge in [0.2, 0.25) is 0 Å². The summed E-state index contributed by atoms with van der Waals surface area (Å²) in [7, 11) is -7.94. The molecule has 2 amide bonds. The Morgan fingerprint density at radius 3 is 1.65 bits per heavy atom. The smallest absolute Gasteiger partial charge is 0.444 e. The van der Waals surface area contributed by atoms with Gasteiger partial charge in [0, 0.05) is 13.3 Å². The number of benzene rings is 1. The van der Waals surface area contributed by atoms with Crippen molar-refractivity contribution in [1.82, 2.24) is 9.37 Å². The van der Waals surface area contributed by atoms with Crippen LogP contribution in [-0.4, -0.2) is 74.9 Å². The number of amides is 2. The maximum Gasteiger partial charge on any atom is 0.459 e. The quantitative estimate of drug-likeness (QED) is 0.470. The van der Waals surface area contributed by atoms with Crippen LogP contribution >= 0.6 is 0 Å². The van der Waals surface area contributed by atoms with Gasteiger partial charge in [0.05, 0.1) is 4.90 Å². The van der Waals surface area contributed by atoms with Crippen molar-refractivity contribution in [3.05, 3.63) is 24.3 Å². The number of hydrogen-bond acceptors (Lipinski definition) is 10. The third kappa shape index (κ3) is 8.88. The van der Waals surface area contributed by atoms with Crippen LogP contribution in [0.15, 0.2) is 34.1 Å². The summed E-state index contributed by atoms with van der Waals surface area (Å²) in [5.41, 5.74) is -2.10. The Morgan fingerprint density at radius 2 is 1.24 bits per heavy atom. The zero-order valence-corrected chi connectivity index (χ0v) is 24.4. The molecule has 0 fully saturated rings. The lowest BCUT2D eigenvalue weighted by Gasteiger charge is -2.32. The molecule has 0 N–H and O–H groups in total. The number of hydroxylamine groups is 1. The first kappa shape index (κ1) is 32.2. The fourth-order valence-electron chi connectivity index (χ4n) is 3.00. The molecule has 210 valence electrons. The first-order valence-corrected chi connectivity index (χ1v) is 14.6. The lowest BCUT2D eigenvalue weighted by Crippen LogP contribution is -2.51. The maximum absolute atomic E-state index is 13.5. The second-order valence-corrected chi connectivity index (χ2v) is 14.3. The van der Waals surface area contributed by atoms with E-state index in [1.54, 1.807) is 34.6 Å². The minimum Gasteiger partial charge on any atom is -0.444 e. The largest absolute Gasteiger partial charge is 0.459 e. The lowest BCUT2D eigenvalue weighted by atomic mass is 10.0. The molecule has 0 saturated carbocycles. The fourth-order valence-corrected chi connectivity index (χ4v) is 5.69. The minimum atomic E-state index is -5.11. The summed E-state index contributed by atoms with van der Waals surface area (Å²) in [5.74, 6) is -1.91. The summed E-state index contributed by atoms with van der Waals surface area (Å²) in [6.07, 6.45) is -1.70. The molecule has 0 aliphatic heterocycles. The number of ether oxygens (including phenoxy) is 2. The van der Waals surface area contributed by atoms with Crippen molar-refractivity contribution >= 4 is 38.0 Å². The van der Waals surface area contributed by atoms with E-state index in [2.05, 4.69) is 0 Å². The second kappa shape index (κ2) is 11.3. The van der Waals surface area contributed by atoms with Gasteiger partial charge in [0.25, 0.3) is 0 Å². The van der Waals surface area contributed by atoms with Crippen molar-refractivity contribution in [2.45, 2.75) is 82.4 Å². The van der Waals surface area contributed by atoms with Gasteiger partial charge in [-0.15, -0.1) is 0 Å². The lowest BCUT2D eigenvalue weighted by molar-refractivity contribution is -0.174. The van der Waals surface area contributed by atoms with Gasteiger partial charge >= 0.3 is 28.2 Å². The molecule has 12 nitrogen and oxygen atoms in total. The van der Waals surface area contributed by atoms with E-state index in [-0.39, 0.29) is 4.47 Å². The van der Waals surface area contributed by atoms with E-state index in [4.69, 9.17) is 14.3 Å². The van der Waals surface area contributed by atoms with Gasteiger partial charge in [0.1, 0.15) is 22.1 Å². The topological polar surface area (TPSA) is 154 Å². The predicted molar refractivity (Wildman–Crippen MR) is 134 cm³/mol. The summed E-state index contributed by atoms with van der Waals surface area (Å²) >= 11 is 0. The van der Waals surface area contributed by atoms with Gasteiger partial charge in [-0.2, -0.15) is 8.42 Å². The van der Waals surface area contributed by atoms with Crippen molar-refractivity contribution in [3.63, 3.8) is 0 Å². The summed E-state index contributed by atoms with van der Waals surface area (Å²) in [5, 5.41) is 0. The fraction of sp³-hybridized carbons (Fsp3) is 0.609. The first-order valence-electron chi connectivity index (χ1n) is 11.2. The summed E-state index contributed by atoms with van der Waals surface area (Å²) < 4.78 is 61.7. The Hall–Kier alpha value is -2.87. The molecule has 0 aliphatic carbocycles. The molecule has 0 aromatic heterocycles. The monoisotopic (exact) mass is 564 g/mol. The van der Waals surface area contributed by atoms with E-state index >= 15 is 0 Å². The summed E-state index contributed by atoms with van der Waals surface area (Å²) in [6.45, 7) is 12.4. The second-order valence-electron chi connectivity index (χ2n) is 10.6. The highest BCUT2D eigenvalue weighted by atomic mass is 32.2. The number of hydrogen-bond donors (Lipinski definition) is 0. The molecule has 14 heteroatoms. The van der Waals surface area contributed by atoms with Gasteiger partial charge in [0.15, 0.2) is 9.84 Å². The van der Waals surface area contributed by atoms with Gasteiger partial charge in [-0.05, 0) is 64.1 Å². The van der Waals surface area contributed by atoms with Crippen molar-refractivity contribution in [1.29, 1.82) is 0 Å². The standard InChI is InChI=1S/C23H36N2O10S2/c1-15(2)18(24(9)20(27)33-22(3,4)5)19(26)35-25(21(28)34-23(6,7)8)37(31,32)17-14-12-11-13-16(17)36(10,29)30/h11-15,18H,1-10H3/t18-/m1/s1. The van der Waals surface area contributed by atoms with Crippen LogP contribution in [0.3, 0.4) is 0 Å². The summed E-state index contributed by atoms with van der Waals surface area (Å²) in [4.78, 5) is 43.3. The van der Waals surface area contributed by atoms with Crippen LogP contribution in [0.1, 0.15) is 55.4 Å². The van der Waals surface area contributed by atoms with Crippen LogP contribution in [0.25, 0.3) is 0 Å². The Bertz CT molecular complexity index is 1230. The molecule has 1 aromatic rings. The highest BCUT2D eigenvalue weighted by molar-refractivity contribution is 7.93. The molecule has 1 atom stereocenters. The van der Waals surface area contributed by atoms with Crippen LogP contribution in [0.4, 0.5) is 9.59 Å². The highest BCUT2D eigenvalue weighted by Crippen LogP contribution is 2.27. The SMILES string of the molecule is CC(C)[C@H](C(=O)ON(C(=O)OC(C)(C)C)S(=O)(=O)c1ccccc1S(C)(=O)=O)N(C)C(=O)OC(C)(C)C. The average Bonchev–Trinajstić information content (AvgIpc) is 2.68. The van der Waals surface area contributed by atoms with Crippen molar-refractivity contribution < 1.29 is 45.5 Å². The molecule has 0 unspecified atom stereocenters. The highest BCUT2D eigenvalue weighted by Gasteiger charge is 2.43. The van der Waals surface area contributed by atoms with E-state index in [0.717, 1.165) is 23.3 Å². The molecule has 0 radical (unpaired) electrons. The van der Waals surface area contributed by atoms with Crippen molar-refractivity contribution in [3.8, 4) is 0 Å². The maximum atomic E-state index is 13.5. The van der Waals surface area contributed by atoms with Gasteiger partial charge in [-0.25, -0.2) is 22.8 Å². The average molecular weight is 565 g/mol. The zero-order chi connectivity index (χ0) is 29.1. The summed E-state index contributed by atoms with van der Waals surface area (Å²) in [6, 6.07) is 3.13. The molecule has 1 rings (SSSR count). The van der Waals surface area contributed by atoms with Crippen LogP contribution in [0.2, 0.25) is 0 Å². The molecular formula is C23H36N2O10S2. The third-order valence-corrected chi connectivity index (χ3v) is 7.29. The van der Waals surface area contributed by atoms with Crippen LogP contribution in [-0.2, 0) is 39.0 Å². The van der Waals surface area contributed by atoms with Gasteiger partial charge in [-0.3, -0.25) is 4.90 Å². The number of sulfonamides is 1.